The summed E-state index contributed by atoms with van der Waals surface area (Å²) in [5.74, 6) is -0.206. The third-order valence-electron chi connectivity index (χ3n) is 7.09. The minimum absolute atomic E-state index is 0.0224. The number of likely N-dealkylation sites (N-methyl/N-ethyl adjacent to an activating group) is 1. The second-order valence-electron chi connectivity index (χ2n) is 8.96. The molecule has 0 aliphatic carbocycles. The number of hydrogen-bond donors (Lipinski definition) is 0. The number of ether oxygens (including phenoxy) is 1. The van der Waals surface area contributed by atoms with E-state index in [2.05, 4.69) is 0 Å². The molecule has 0 aromatic heterocycles. The molecule has 2 aliphatic rings. The Morgan fingerprint density at radius 1 is 0.914 bits per heavy atom. The second kappa shape index (κ2) is 9.41. The number of anilines is 1. The molecule has 5 rings (SSSR count). The number of halogens is 1. The summed E-state index contributed by atoms with van der Waals surface area (Å²) in [6.07, 6.45) is 0. The third-order valence-corrected chi connectivity index (χ3v) is 7.09. The van der Waals surface area contributed by atoms with E-state index in [1.165, 1.54) is 6.07 Å². The number of rotatable bonds is 4. The molecule has 3 aromatic rings. The zero-order valence-corrected chi connectivity index (χ0v) is 19.9. The van der Waals surface area contributed by atoms with Gasteiger partial charge in [0.05, 0.1) is 24.8 Å². The van der Waals surface area contributed by atoms with Gasteiger partial charge in [-0.25, -0.2) is 4.39 Å². The first-order valence-electron chi connectivity index (χ1n) is 11.8. The Morgan fingerprint density at radius 2 is 1.57 bits per heavy atom. The number of piperazine rings is 1. The largest absolute Gasteiger partial charge is 0.497 e. The first-order chi connectivity index (χ1) is 17.0. The number of para-hydroxylation sites is 1. The number of carbonyl (C=O) groups is 2. The monoisotopic (exact) mass is 473 g/mol. The van der Waals surface area contributed by atoms with Crippen molar-refractivity contribution in [2.24, 2.45) is 0 Å². The fourth-order valence-electron chi connectivity index (χ4n) is 5.23. The minimum Gasteiger partial charge on any atom is -0.497 e. The Labute approximate surface area is 204 Å². The predicted octanol–water partition coefficient (Wildman–Crippen LogP) is 4.09. The molecule has 2 heterocycles. The summed E-state index contributed by atoms with van der Waals surface area (Å²) in [5, 5.41) is 0. The van der Waals surface area contributed by atoms with E-state index in [1.807, 2.05) is 58.3 Å². The molecule has 6 nitrogen and oxygen atoms in total. The van der Waals surface area contributed by atoms with Gasteiger partial charge in [-0.3, -0.25) is 9.59 Å². The summed E-state index contributed by atoms with van der Waals surface area (Å²) >= 11 is 0. The number of carbonyl (C=O) groups excluding carboxylic acids is 2. The fourth-order valence-corrected chi connectivity index (χ4v) is 5.23. The average Bonchev–Trinajstić information content (AvgIpc) is 2.91. The molecule has 0 unspecified atom stereocenters. The standard InChI is InChI=1S/C28H28FN3O3/c1-30-26(19-11-13-20(35-2)14-12-19)25(21-7-3-4-8-22(21)27(30)33)28(34)32-17-15-31(16-18-32)24-10-6-5-9-23(24)29/h3-14,25-26H,15-18H2,1-2H3/t25-,26-/m1/s1. The van der Waals surface area contributed by atoms with Gasteiger partial charge in [0.25, 0.3) is 5.91 Å². The zero-order chi connectivity index (χ0) is 24.5. The highest BCUT2D eigenvalue weighted by Crippen LogP contribution is 2.43. The van der Waals surface area contributed by atoms with Gasteiger partial charge in [-0.15, -0.1) is 0 Å². The molecule has 0 bridgehead atoms. The van der Waals surface area contributed by atoms with Gasteiger partial charge in [0.15, 0.2) is 0 Å². The van der Waals surface area contributed by atoms with E-state index in [0.717, 1.165) is 11.1 Å². The maximum atomic E-state index is 14.3. The van der Waals surface area contributed by atoms with Crippen molar-refractivity contribution in [3.05, 3.63) is 95.3 Å². The Hall–Kier alpha value is -3.87. The van der Waals surface area contributed by atoms with Crippen LogP contribution in [0.1, 0.15) is 33.4 Å². The molecule has 2 amide bonds. The van der Waals surface area contributed by atoms with Crippen LogP contribution in [0.15, 0.2) is 72.8 Å². The van der Waals surface area contributed by atoms with Crippen LogP contribution in [-0.2, 0) is 4.79 Å². The normalized spacial score (nSPS) is 20.0. The molecule has 3 aromatic carbocycles. The van der Waals surface area contributed by atoms with Crippen LogP contribution >= 0.6 is 0 Å². The van der Waals surface area contributed by atoms with Gasteiger partial charge in [-0.05, 0) is 41.5 Å². The van der Waals surface area contributed by atoms with Crippen LogP contribution in [0.2, 0.25) is 0 Å². The molecular formula is C28H28FN3O3. The highest BCUT2D eigenvalue weighted by atomic mass is 19.1. The molecule has 0 N–H and O–H groups in total. The van der Waals surface area contributed by atoms with Crippen LogP contribution in [0.5, 0.6) is 5.75 Å². The summed E-state index contributed by atoms with van der Waals surface area (Å²) in [5.41, 5.74) is 2.74. The van der Waals surface area contributed by atoms with Crippen LogP contribution < -0.4 is 9.64 Å². The minimum atomic E-state index is -0.540. The van der Waals surface area contributed by atoms with E-state index in [4.69, 9.17) is 4.74 Å². The molecule has 0 spiro atoms. The van der Waals surface area contributed by atoms with Crippen LogP contribution in [0, 0.1) is 5.82 Å². The van der Waals surface area contributed by atoms with Crippen molar-refractivity contribution in [1.82, 2.24) is 9.80 Å². The molecule has 2 aliphatic heterocycles. The van der Waals surface area contributed by atoms with E-state index in [9.17, 15) is 14.0 Å². The van der Waals surface area contributed by atoms with Crippen molar-refractivity contribution in [1.29, 1.82) is 0 Å². The van der Waals surface area contributed by atoms with Gasteiger partial charge in [0, 0.05) is 38.8 Å². The quantitative estimate of drug-likeness (QED) is 0.573. The third kappa shape index (κ3) is 4.11. The summed E-state index contributed by atoms with van der Waals surface area (Å²) < 4.78 is 19.6. The number of amides is 2. The SMILES string of the molecule is COc1ccc([C@@H]2[C@H](C(=O)N3CCN(c4ccccc4F)CC3)c3ccccc3C(=O)N2C)cc1. The maximum Gasteiger partial charge on any atom is 0.254 e. The van der Waals surface area contributed by atoms with Crippen LogP contribution in [-0.4, -0.2) is 62.0 Å². The lowest BCUT2D eigenvalue weighted by Gasteiger charge is -2.43. The first-order valence-corrected chi connectivity index (χ1v) is 11.8. The van der Waals surface area contributed by atoms with Crippen LogP contribution in [0.25, 0.3) is 0 Å². The first kappa shape index (κ1) is 22.9. The van der Waals surface area contributed by atoms with Gasteiger partial charge < -0.3 is 19.4 Å². The van der Waals surface area contributed by atoms with Crippen LogP contribution in [0.4, 0.5) is 10.1 Å². The molecule has 0 radical (unpaired) electrons. The summed E-state index contributed by atoms with van der Waals surface area (Å²) in [6.45, 7) is 2.06. The molecule has 1 fully saturated rings. The summed E-state index contributed by atoms with van der Waals surface area (Å²) in [7, 11) is 3.36. The fraction of sp³-hybridized carbons (Fsp3) is 0.286. The molecule has 2 atom stereocenters. The van der Waals surface area contributed by atoms with Crippen molar-refractivity contribution in [3.63, 3.8) is 0 Å². The van der Waals surface area contributed by atoms with Crippen molar-refractivity contribution in [3.8, 4) is 5.75 Å². The van der Waals surface area contributed by atoms with E-state index in [-0.39, 0.29) is 17.6 Å². The highest BCUT2D eigenvalue weighted by molar-refractivity contribution is 6.01. The van der Waals surface area contributed by atoms with E-state index in [0.29, 0.717) is 43.2 Å². The molecule has 7 heteroatoms. The van der Waals surface area contributed by atoms with Crippen molar-refractivity contribution < 1.29 is 18.7 Å². The lowest BCUT2D eigenvalue weighted by Crippen LogP contribution is -2.53. The van der Waals surface area contributed by atoms with Gasteiger partial charge in [0.1, 0.15) is 11.6 Å². The lowest BCUT2D eigenvalue weighted by atomic mass is 9.79. The van der Waals surface area contributed by atoms with Crippen LogP contribution in [0.3, 0.4) is 0 Å². The number of benzene rings is 3. The Bertz CT molecular complexity index is 1240. The lowest BCUT2D eigenvalue weighted by molar-refractivity contribution is -0.134. The number of hydrogen-bond acceptors (Lipinski definition) is 4. The highest BCUT2D eigenvalue weighted by Gasteiger charge is 2.44. The molecule has 180 valence electrons. The summed E-state index contributed by atoms with van der Waals surface area (Å²) in [6, 6.07) is 21.2. The van der Waals surface area contributed by atoms with Crippen molar-refractivity contribution in [2.45, 2.75) is 12.0 Å². The Balaban J connectivity index is 1.46. The van der Waals surface area contributed by atoms with Gasteiger partial charge in [-0.1, -0.05) is 42.5 Å². The average molecular weight is 474 g/mol. The van der Waals surface area contributed by atoms with Gasteiger partial charge in [-0.2, -0.15) is 0 Å². The summed E-state index contributed by atoms with van der Waals surface area (Å²) in [4.78, 5) is 32.8. The Morgan fingerprint density at radius 3 is 2.26 bits per heavy atom. The number of methoxy groups -OCH3 is 1. The topological polar surface area (TPSA) is 53.1 Å². The van der Waals surface area contributed by atoms with E-state index < -0.39 is 12.0 Å². The van der Waals surface area contributed by atoms with Crippen molar-refractivity contribution in [2.75, 3.05) is 45.2 Å². The Kier molecular flexibility index (Phi) is 6.16. The predicted molar refractivity (Wildman–Crippen MR) is 132 cm³/mol. The van der Waals surface area contributed by atoms with Gasteiger partial charge in [0.2, 0.25) is 5.91 Å². The maximum absolute atomic E-state index is 14.3. The number of nitrogens with zero attached hydrogens (tertiary/aromatic N) is 3. The molecule has 0 saturated carbocycles. The number of fused-ring (bicyclic) bond motifs is 1. The smallest absolute Gasteiger partial charge is 0.254 e. The van der Waals surface area contributed by atoms with E-state index in [1.54, 1.807) is 37.3 Å². The van der Waals surface area contributed by atoms with E-state index >= 15 is 0 Å². The van der Waals surface area contributed by atoms with Crippen molar-refractivity contribution >= 4 is 17.5 Å². The van der Waals surface area contributed by atoms with Gasteiger partial charge >= 0.3 is 0 Å². The molecular weight excluding hydrogens is 445 g/mol. The molecule has 35 heavy (non-hydrogen) atoms. The molecule has 1 saturated heterocycles. The zero-order valence-electron chi connectivity index (χ0n) is 19.9. The second-order valence-corrected chi connectivity index (χ2v) is 8.96.